The van der Waals surface area contributed by atoms with Crippen LogP contribution in [0.1, 0.15) is 12.5 Å². The average Bonchev–Trinajstić information content (AvgIpc) is 2.25. The van der Waals surface area contributed by atoms with Gasteiger partial charge in [-0.15, -0.1) is 11.8 Å². The van der Waals surface area contributed by atoms with Gasteiger partial charge in [-0.3, -0.25) is 0 Å². The molecule has 18 heavy (non-hydrogen) atoms. The van der Waals surface area contributed by atoms with Crippen LogP contribution in [0.5, 0.6) is 0 Å². The third kappa shape index (κ3) is 4.24. The zero-order valence-electron chi connectivity index (χ0n) is 10.6. The van der Waals surface area contributed by atoms with Gasteiger partial charge in [0.15, 0.2) is 0 Å². The second-order valence-electron chi connectivity index (χ2n) is 4.13. The molecule has 0 saturated carbocycles. The number of thioether (sulfide) groups is 1. The molecule has 0 bridgehead atoms. The van der Waals surface area contributed by atoms with Crippen LogP contribution in [-0.4, -0.2) is 32.7 Å². The molecule has 4 nitrogen and oxygen atoms in total. The molecule has 1 unspecified atom stereocenters. The van der Waals surface area contributed by atoms with Crippen LogP contribution < -0.4 is 5.32 Å². The molecule has 1 aromatic carbocycles. The van der Waals surface area contributed by atoms with E-state index in [2.05, 4.69) is 11.4 Å². The maximum absolute atomic E-state index is 11.2. The minimum absolute atomic E-state index is 0.0430. The molecule has 0 spiro atoms. The van der Waals surface area contributed by atoms with E-state index in [0.29, 0.717) is 11.3 Å². The lowest BCUT2D eigenvalue weighted by atomic mass is 10.2. The van der Waals surface area contributed by atoms with Crippen molar-refractivity contribution in [3.8, 4) is 6.07 Å². The Morgan fingerprint density at radius 2 is 2.17 bits per heavy atom. The van der Waals surface area contributed by atoms with Gasteiger partial charge in [-0.1, -0.05) is 6.07 Å². The lowest BCUT2D eigenvalue weighted by Gasteiger charge is -2.16. The summed E-state index contributed by atoms with van der Waals surface area (Å²) in [4.78, 5) is 0.883. The molecule has 1 atom stereocenters. The lowest BCUT2D eigenvalue weighted by molar-refractivity contribution is 0.598. The highest BCUT2D eigenvalue weighted by Crippen LogP contribution is 2.26. The number of hydrogen-bond acceptors (Lipinski definition) is 5. The number of benzene rings is 1. The summed E-state index contributed by atoms with van der Waals surface area (Å²) in [5, 5.41) is 12.2. The molecule has 1 rings (SSSR count). The first kappa shape index (κ1) is 14.9. The second kappa shape index (κ2) is 6.12. The molecule has 0 aromatic heterocycles. The SMILES string of the molecule is CSc1cccc(NC(C)CS(C)(=O)=O)c1C#N. The molecule has 0 saturated heterocycles. The Morgan fingerprint density at radius 3 is 2.67 bits per heavy atom. The molecule has 1 N–H and O–H groups in total. The fourth-order valence-corrected chi connectivity index (χ4v) is 3.26. The fourth-order valence-electron chi connectivity index (χ4n) is 1.70. The van der Waals surface area contributed by atoms with Gasteiger partial charge in [-0.25, -0.2) is 8.42 Å². The van der Waals surface area contributed by atoms with Crippen molar-refractivity contribution in [2.75, 3.05) is 23.6 Å². The van der Waals surface area contributed by atoms with Gasteiger partial charge in [0.1, 0.15) is 15.9 Å². The molecule has 6 heteroatoms. The number of nitrogens with zero attached hydrogens (tertiary/aromatic N) is 1. The largest absolute Gasteiger partial charge is 0.380 e. The minimum Gasteiger partial charge on any atom is -0.380 e. The molecule has 98 valence electrons. The van der Waals surface area contributed by atoms with Gasteiger partial charge in [0.2, 0.25) is 0 Å². The standard InChI is InChI=1S/C12H16N2O2S2/c1-9(8-18(3,15)16)14-11-5-4-6-12(17-2)10(11)7-13/h4-6,9,14H,8H2,1-3H3. The van der Waals surface area contributed by atoms with Crippen molar-refractivity contribution in [2.24, 2.45) is 0 Å². The zero-order chi connectivity index (χ0) is 13.8. The Bertz CT molecular complexity index is 562. The van der Waals surface area contributed by atoms with E-state index < -0.39 is 9.84 Å². The van der Waals surface area contributed by atoms with E-state index >= 15 is 0 Å². The van der Waals surface area contributed by atoms with E-state index in [4.69, 9.17) is 5.26 Å². The summed E-state index contributed by atoms with van der Waals surface area (Å²) in [6.07, 6.45) is 3.11. The first-order valence-corrected chi connectivity index (χ1v) is 8.67. The quantitative estimate of drug-likeness (QED) is 0.839. The van der Waals surface area contributed by atoms with Crippen molar-refractivity contribution in [1.82, 2.24) is 0 Å². The van der Waals surface area contributed by atoms with E-state index in [1.807, 2.05) is 18.4 Å². The molecule has 0 aliphatic rings. The predicted octanol–water partition coefficient (Wildman–Crippen LogP) is 2.13. The first-order valence-electron chi connectivity index (χ1n) is 5.38. The first-order chi connectivity index (χ1) is 8.37. The average molecular weight is 284 g/mol. The zero-order valence-corrected chi connectivity index (χ0v) is 12.2. The molecule has 0 heterocycles. The Hall–Kier alpha value is -1.19. The van der Waals surface area contributed by atoms with Crippen molar-refractivity contribution < 1.29 is 8.42 Å². The van der Waals surface area contributed by atoms with Gasteiger partial charge >= 0.3 is 0 Å². The maximum Gasteiger partial charge on any atom is 0.149 e. The highest BCUT2D eigenvalue weighted by atomic mass is 32.2. The highest BCUT2D eigenvalue weighted by molar-refractivity contribution is 7.98. The summed E-state index contributed by atoms with van der Waals surface area (Å²) in [5.41, 5.74) is 1.24. The number of hydrogen-bond donors (Lipinski definition) is 1. The molecule has 1 aromatic rings. The number of rotatable bonds is 5. The molecule has 0 radical (unpaired) electrons. The van der Waals surface area contributed by atoms with Crippen LogP contribution in [-0.2, 0) is 9.84 Å². The number of anilines is 1. The van der Waals surface area contributed by atoms with Crippen LogP contribution in [0.3, 0.4) is 0 Å². The Kier molecular flexibility index (Phi) is 5.05. The van der Waals surface area contributed by atoms with E-state index in [0.717, 1.165) is 4.90 Å². The van der Waals surface area contributed by atoms with Crippen LogP contribution in [0.15, 0.2) is 23.1 Å². The normalized spacial score (nSPS) is 12.8. The fraction of sp³-hybridized carbons (Fsp3) is 0.417. The lowest BCUT2D eigenvalue weighted by Crippen LogP contribution is -2.25. The van der Waals surface area contributed by atoms with Gasteiger partial charge in [0.05, 0.1) is 17.0 Å². The molecular formula is C12H16N2O2S2. The van der Waals surface area contributed by atoms with Crippen molar-refractivity contribution in [3.05, 3.63) is 23.8 Å². The molecule has 0 aliphatic heterocycles. The number of nitrogens with one attached hydrogen (secondary N) is 1. The summed E-state index contributed by atoms with van der Waals surface area (Å²) < 4.78 is 22.4. The van der Waals surface area contributed by atoms with Gasteiger partial charge in [0, 0.05) is 17.2 Å². The van der Waals surface area contributed by atoms with Crippen molar-refractivity contribution in [1.29, 1.82) is 5.26 Å². The van der Waals surface area contributed by atoms with E-state index in [1.54, 1.807) is 13.0 Å². The summed E-state index contributed by atoms with van der Waals surface area (Å²) in [6, 6.07) is 7.43. The Morgan fingerprint density at radius 1 is 1.50 bits per heavy atom. The van der Waals surface area contributed by atoms with E-state index in [9.17, 15) is 8.42 Å². The summed E-state index contributed by atoms with van der Waals surface area (Å²) in [5.74, 6) is 0.0430. The second-order valence-corrected chi connectivity index (χ2v) is 7.17. The number of sulfone groups is 1. The minimum atomic E-state index is -3.03. The summed E-state index contributed by atoms with van der Waals surface area (Å²) in [7, 11) is -3.03. The third-order valence-electron chi connectivity index (χ3n) is 2.31. The van der Waals surface area contributed by atoms with Crippen molar-refractivity contribution in [3.63, 3.8) is 0 Å². The van der Waals surface area contributed by atoms with Gasteiger partial charge < -0.3 is 5.32 Å². The van der Waals surface area contributed by atoms with Crippen molar-refractivity contribution >= 4 is 27.3 Å². The van der Waals surface area contributed by atoms with Crippen LogP contribution in [0.25, 0.3) is 0 Å². The maximum atomic E-state index is 11.2. The predicted molar refractivity (Wildman–Crippen MR) is 75.7 cm³/mol. The Balaban J connectivity index is 2.95. The van der Waals surface area contributed by atoms with Gasteiger partial charge in [-0.2, -0.15) is 5.26 Å². The van der Waals surface area contributed by atoms with Crippen LogP contribution in [0.4, 0.5) is 5.69 Å². The number of nitriles is 1. The topological polar surface area (TPSA) is 70.0 Å². The summed E-state index contributed by atoms with van der Waals surface area (Å²) >= 11 is 1.49. The van der Waals surface area contributed by atoms with Gasteiger partial charge in [-0.05, 0) is 25.3 Å². The van der Waals surface area contributed by atoms with Crippen LogP contribution in [0, 0.1) is 11.3 Å². The van der Waals surface area contributed by atoms with E-state index in [-0.39, 0.29) is 11.8 Å². The molecule has 0 amide bonds. The highest BCUT2D eigenvalue weighted by Gasteiger charge is 2.13. The smallest absolute Gasteiger partial charge is 0.149 e. The molecular weight excluding hydrogens is 268 g/mol. The molecule has 0 fully saturated rings. The van der Waals surface area contributed by atoms with Crippen molar-refractivity contribution in [2.45, 2.75) is 17.9 Å². The Labute approximate surface area is 112 Å². The third-order valence-corrected chi connectivity index (χ3v) is 4.20. The van der Waals surface area contributed by atoms with E-state index in [1.165, 1.54) is 18.0 Å². The van der Waals surface area contributed by atoms with Crippen LogP contribution >= 0.6 is 11.8 Å². The summed E-state index contributed by atoms with van der Waals surface area (Å²) in [6.45, 7) is 1.79. The van der Waals surface area contributed by atoms with Crippen LogP contribution in [0.2, 0.25) is 0 Å². The molecule has 0 aliphatic carbocycles. The van der Waals surface area contributed by atoms with Gasteiger partial charge in [0.25, 0.3) is 0 Å². The monoisotopic (exact) mass is 284 g/mol.